The molecule has 0 saturated heterocycles. The lowest BCUT2D eigenvalue weighted by molar-refractivity contribution is 0.0773. The predicted octanol–water partition coefficient (Wildman–Crippen LogP) is 4.85. The molecular weight excluding hydrogens is 422 g/mol. The normalized spacial score (nSPS) is 11.4. The first-order valence-electron chi connectivity index (χ1n) is 10.3. The Morgan fingerprint density at radius 3 is 2.09 bits per heavy atom. The number of amides is 1. The van der Waals surface area contributed by atoms with Crippen LogP contribution in [0.25, 0.3) is 11.1 Å². The van der Waals surface area contributed by atoms with Crippen molar-refractivity contribution in [3.05, 3.63) is 89.5 Å². The third-order valence-corrected chi connectivity index (χ3v) is 5.96. The van der Waals surface area contributed by atoms with E-state index in [-0.39, 0.29) is 12.5 Å². The fourth-order valence-corrected chi connectivity index (χ4v) is 4.02. The van der Waals surface area contributed by atoms with Gasteiger partial charge in [0.05, 0.1) is 23.9 Å². The first-order chi connectivity index (χ1) is 15.5. The van der Waals surface area contributed by atoms with Crippen molar-refractivity contribution in [3.8, 4) is 17.2 Å². The minimum absolute atomic E-state index is 0.0553. The van der Waals surface area contributed by atoms with Gasteiger partial charge in [0.25, 0.3) is 17.2 Å². The van der Waals surface area contributed by atoms with Gasteiger partial charge in [-0.1, -0.05) is 36.4 Å². The lowest BCUT2D eigenvalue weighted by Crippen LogP contribution is -2.30. The largest absolute Gasteiger partial charge is 0.339 e. The summed E-state index contributed by atoms with van der Waals surface area (Å²) in [6, 6.07) is 23.8. The second-order valence-corrected chi connectivity index (χ2v) is 8.08. The minimum Gasteiger partial charge on any atom is -0.339 e. The fourth-order valence-electron chi connectivity index (χ4n) is 3.46. The van der Waals surface area contributed by atoms with Gasteiger partial charge < -0.3 is 4.90 Å². The lowest BCUT2D eigenvalue weighted by atomic mass is 10.0. The zero-order valence-corrected chi connectivity index (χ0v) is 18.9. The standard InChI is InChI=1S/C25H25N3O3S/c1-3-27(4-2)25(29)23-7-5-6-20(16-23)18-28(32(30)31)24-14-12-22(13-15-24)21-10-8-19(17-26)9-11-21/h5-16H,3-4,18H2,1-2H3,(H,30,31). The first kappa shape index (κ1) is 23.2. The van der Waals surface area contributed by atoms with Crippen LogP contribution in [0.5, 0.6) is 0 Å². The van der Waals surface area contributed by atoms with Crippen LogP contribution in [0.3, 0.4) is 0 Å². The molecule has 1 N–H and O–H groups in total. The molecule has 0 bridgehead atoms. The number of hydrogen-bond donors (Lipinski definition) is 1. The van der Waals surface area contributed by atoms with E-state index in [9.17, 15) is 13.6 Å². The molecule has 3 aromatic rings. The monoisotopic (exact) mass is 447 g/mol. The van der Waals surface area contributed by atoms with Gasteiger partial charge in [-0.3, -0.25) is 13.7 Å². The lowest BCUT2D eigenvalue weighted by Gasteiger charge is -2.22. The Kier molecular flexibility index (Phi) is 7.77. The van der Waals surface area contributed by atoms with Crippen molar-refractivity contribution in [2.24, 2.45) is 0 Å². The summed E-state index contributed by atoms with van der Waals surface area (Å²) >= 11 is -2.24. The summed E-state index contributed by atoms with van der Waals surface area (Å²) in [6.45, 7) is 5.29. The van der Waals surface area contributed by atoms with Gasteiger partial charge in [-0.25, -0.2) is 4.21 Å². The molecule has 7 heteroatoms. The molecule has 0 aromatic heterocycles. The third kappa shape index (κ3) is 5.41. The number of nitriles is 1. The van der Waals surface area contributed by atoms with Gasteiger partial charge in [-0.2, -0.15) is 5.26 Å². The summed E-state index contributed by atoms with van der Waals surface area (Å²) in [5.74, 6) is -0.0553. The molecule has 32 heavy (non-hydrogen) atoms. The molecule has 1 atom stereocenters. The highest BCUT2D eigenvalue weighted by Gasteiger charge is 2.16. The van der Waals surface area contributed by atoms with Gasteiger partial charge >= 0.3 is 0 Å². The average Bonchev–Trinajstić information content (AvgIpc) is 2.83. The maximum Gasteiger partial charge on any atom is 0.262 e. The molecule has 164 valence electrons. The number of anilines is 1. The quantitative estimate of drug-likeness (QED) is 0.500. The number of carbonyl (C=O) groups is 1. The van der Waals surface area contributed by atoms with E-state index in [0.29, 0.717) is 29.9 Å². The Labute approximate surface area is 191 Å². The second-order valence-electron chi connectivity index (χ2n) is 7.18. The molecular formula is C25H25N3O3S. The van der Waals surface area contributed by atoms with Crippen molar-refractivity contribution in [1.29, 1.82) is 5.26 Å². The van der Waals surface area contributed by atoms with E-state index in [1.165, 1.54) is 4.31 Å². The van der Waals surface area contributed by atoms with Crippen LogP contribution in [0.4, 0.5) is 5.69 Å². The van der Waals surface area contributed by atoms with Crippen molar-refractivity contribution in [1.82, 2.24) is 4.90 Å². The van der Waals surface area contributed by atoms with Gasteiger partial charge in [0.1, 0.15) is 0 Å². The molecule has 0 radical (unpaired) electrons. The van der Waals surface area contributed by atoms with Crippen LogP contribution in [0.1, 0.15) is 35.3 Å². The van der Waals surface area contributed by atoms with E-state index in [2.05, 4.69) is 6.07 Å². The van der Waals surface area contributed by atoms with Crippen molar-refractivity contribution >= 4 is 22.9 Å². The summed E-state index contributed by atoms with van der Waals surface area (Å²) in [5.41, 5.74) is 4.40. The third-order valence-electron chi connectivity index (χ3n) is 5.24. The van der Waals surface area contributed by atoms with E-state index in [0.717, 1.165) is 16.7 Å². The van der Waals surface area contributed by atoms with E-state index in [4.69, 9.17) is 5.26 Å². The van der Waals surface area contributed by atoms with Gasteiger partial charge in [0, 0.05) is 18.7 Å². The zero-order valence-electron chi connectivity index (χ0n) is 18.1. The van der Waals surface area contributed by atoms with Crippen LogP contribution < -0.4 is 4.31 Å². The van der Waals surface area contributed by atoms with Crippen molar-refractivity contribution in [3.63, 3.8) is 0 Å². The molecule has 3 rings (SSSR count). The molecule has 0 heterocycles. The molecule has 3 aromatic carbocycles. The van der Waals surface area contributed by atoms with Crippen LogP contribution in [0.2, 0.25) is 0 Å². The Morgan fingerprint density at radius 1 is 0.969 bits per heavy atom. The smallest absolute Gasteiger partial charge is 0.262 e. The Hall–Kier alpha value is -3.47. The molecule has 1 unspecified atom stereocenters. The highest BCUT2D eigenvalue weighted by atomic mass is 32.2. The number of nitrogens with zero attached hydrogens (tertiary/aromatic N) is 3. The SMILES string of the molecule is CCN(CC)C(=O)c1cccc(CN(c2ccc(-c3ccc(C#N)cc3)cc2)S(=O)O)c1. The Bertz CT molecular complexity index is 1130. The van der Waals surface area contributed by atoms with Crippen molar-refractivity contribution in [2.45, 2.75) is 20.4 Å². The van der Waals surface area contributed by atoms with Gasteiger partial charge in [-0.15, -0.1) is 0 Å². The number of rotatable bonds is 8. The Morgan fingerprint density at radius 2 is 1.56 bits per heavy atom. The molecule has 0 saturated carbocycles. The van der Waals surface area contributed by atoms with Crippen molar-refractivity contribution in [2.75, 3.05) is 17.4 Å². The molecule has 1 amide bonds. The van der Waals surface area contributed by atoms with E-state index in [1.54, 1.807) is 47.4 Å². The van der Waals surface area contributed by atoms with Crippen LogP contribution in [-0.2, 0) is 17.8 Å². The van der Waals surface area contributed by atoms with Gasteiger partial charge in [0.2, 0.25) is 0 Å². The second kappa shape index (κ2) is 10.7. The van der Waals surface area contributed by atoms with Crippen LogP contribution >= 0.6 is 0 Å². The number of benzene rings is 3. The average molecular weight is 448 g/mol. The van der Waals surface area contributed by atoms with E-state index in [1.807, 2.05) is 44.2 Å². The summed E-state index contributed by atoms with van der Waals surface area (Å²) in [7, 11) is 0. The molecule has 0 aliphatic heterocycles. The van der Waals surface area contributed by atoms with Crippen molar-refractivity contribution < 1.29 is 13.6 Å². The number of carbonyl (C=O) groups excluding carboxylic acids is 1. The summed E-state index contributed by atoms with van der Waals surface area (Å²) in [4.78, 5) is 14.4. The zero-order chi connectivity index (χ0) is 23.1. The first-order valence-corrected chi connectivity index (χ1v) is 11.4. The van der Waals surface area contributed by atoms with E-state index >= 15 is 0 Å². The highest BCUT2D eigenvalue weighted by Crippen LogP contribution is 2.25. The van der Waals surface area contributed by atoms with E-state index < -0.39 is 11.3 Å². The summed E-state index contributed by atoms with van der Waals surface area (Å²) in [5, 5.41) is 8.94. The number of hydrogen-bond acceptors (Lipinski definition) is 3. The van der Waals surface area contributed by atoms with Gasteiger partial charge in [0.15, 0.2) is 0 Å². The van der Waals surface area contributed by atoms with Crippen LogP contribution in [0.15, 0.2) is 72.8 Å². The molecule has 0 aliphatic carbocycles. The molecule has 6 nitrogen and oxygen atoms in total. The van der Waals surface area contributed by atoms with Gasteiger partial charge in [-0.05, 0) is 66.9 Å². The Balaban J connectivity index is 1.82. The summed E-state index contributed by atoms with van der Waals surface area (Å²) in [6.07, 6.45) is 0. The fraction of sp³-hybridized carbons (Fsp3) is 0.200. The predicted molar refractivity (Wildman–Crippen MR) is 127 cm³/mol. The molecule has 0 aliphatic rings. The molecule has 0 spiro atoms. The maximum absolute atomic E-state index is 12.6. The molecule has 0 fully saturated rings. The summed E-state index contributed by atoms with van der Waals surface area (Å²) < 4.78 is 23.4. The topological polar surface area (TPSA) is 84.6 Å². The van der Waals surface area contributed by atoms with Crippen LogP contribution in [0, 0.1) is 11.3 Å². The minimum atomic E-state index is -2.24. The van der Waals surface area contributed by atoms with Crippen LogP contribution in [-0.4, -0.2) is 32.7 Å². The maximum atomic E-state index is 12.6. The highest BCUT2D eigenvalue weighted by molar-refractivity contribution is 7.80.